The Morgan fingerprint density at radius 1 is 1.11 bits per heavy atom. The van der Waals surface area contributed by atoms with Crippen LogP contribution in [0.25, 0.3) is 10.4 Å². The summed E-state index contributed by atoms with van der Waals surface area (Å²) in [7, 11) is -2.06. The van der Waals surface area contributed by atoms with Crippen LogP contribution in [0.4, 0.5) is 4.79 Å². The van der Waals surface area contributed by atoms with Gasteiger partial charge in [0.2, 0.25) is 5.91 Å². The van der Waals surface area contributed by atoms with Gasteiger partial charge in [-0.1, -0.05) is 30.7 Å². The molecule has 1 aromatic carbocycles. The molecule has 0 aliphatic carbocycles. The number of sulfone groups is 1. The average molecular weight is 537 g/mol. The molecule has 2 amide bonds. The van der Waals surface area contributed by atoms with Crippen molar-refractivity contribution in [3.05, 3.63) is 46.8 Å². The van der Waals surface area contributed by atoms with Crippen LogP contribution < -0.4 is 10.8 Å². The zero-order chi connectivity index (χ0) is 25.6. The van der Waals surface area contributed by atoms with Crippen LogP contribution in [0.15, 0.2) is 36.4 Å². The number of hydrogen-bond donors (Lipinski definition) is 2. The van der Waals surface area contributed by atoms with Gasteiger partial charge in [0, 0.05) is 29.8 Å². The van der Waals surface area contributed by atoms with Gasteiger partial charge < -0.3 is 14.8 Å². The smallest absolute Gasteiger partial charge is 0.407 e. The van der Waals surface area contributed by atoms with E-state index in [0.717, 1.165) is 35.3 Å². The number of carbonyl (C=O) groups excluding carboxylic acids is 2. The molecule has 0 radical (unpaired) electrons. The van der Waals surface area contributed by atoms with Gasteiger partial charge in [-0.15, -0.1) is 11.3 Å². The fourth-order valence-corrected chi connectivity index (χ4v) is 8.36. The molecule has 2 fully saturated rings. The van der Waals surface area contributed by atoms with E-state index in [1.54, 1.807) is 0 Å². The number of hydrogen-bond acceptors (Lipinski definition) is 8. The molecule has 0 spiro atoms. The number of rotatable bonds is 8. The lowest BCUT2D eigenvalue weighted by Crippen LogP contribution is -2.45. The lowest BCUT2D eigenvalue weighted by atomic mass is 9.94. The van der Waals surface area contributed by atoms with E-state index in [-0.39, 0.29) is 18.8 Å². The van der Waals surface area contributed by atoms with E-state index in [4.69, 9.17) is 14.3 Å². The summed E-state index contributed by atoms with van der Waals surface area (Å²) in [5, 5.41) is 2.40. The summed E-state index contributed by atoms with van der Waals surface area (Å²) in [5.41, 5.74) is 4.19. The average Bonchev–Trinajstić information content (AvgIpc) is 3.39. The predicted octanol–water partition coefficient (Wildman–Crippen LogP) is 4.03. The van der Waals surface area contributed by atoms with E-state index in [1.807, 2.05) is 36.4 Å². The zero-order valence-corrected chi connectivity index (χ0v) is 21.9. The fourth-order valence-electron chi connectivity index (χ4n) is 4.57. The van der Waals surface area contributed by atoms with E-state index >= 15 is 0 Å². The Balaban J connectivity index is 1.51. The van der Waals surface area contributed by atoms with Gasteiger partial charge in [-0.25, -0.2) is 23.5 Å². The lowest BCUT2D eigenvalue weighted by Gasteiger charge is -2.35. The van der Waals surface area contributed by atoms with Crippen molar-refractivity contribution in [3.8, 4) is 10.4 Å². The third-order valence-corrected chi connectivity index (χ3v) is 10.6. The van der Waals surface area contributed by atoms with Crippen molar-refractivity contribution >= 4 is 33.2 Å². The van der Waals surface area contributed by atoms with Crippen LogP contribution in [0.2, 0.25) is 0 Å². The number of nitrogens with one attached hydrogen (secondary N) is 2. The van der Waals surface area contributed by atoms with Gasteiger partial charge in [-0.3, -0.25) is 4.79 Å². The molecule has 9 nitrogen and oxygen atoms in total. The highest BCUT2D eigenvalue weighted by Gasteiger charge is 2.49. The molecule has 3 heterocycles. The minimum atomic E-state index is -3.56. The van der Waals surface area contributed by atoms with Crippen molar-refractivity contribution in [2.45, 2.75) is 62.6 Å². The van der Waals surface area contributed by atoms with E-state index in [2.05, 4.69) is 10.8 Å². The highest BCUT2D eigenvalue weighted by Crippen LogP contribution is 2.47. The summed E-state index contributed by atoms with van der Waals surface area (Å²) < 4.78 is 36.1. The largest absolute Gasteiger partial charge is 0.445 e. The molecule has 0 saturated carbocycles. The number of amides is 2. The van der Waals surface area contributed by atoms with Gasteiger partial charge in [0.25, 0.3) is 0 Å². The fraction of sp³-hybridized carbons (Fsp3) is 0.520. The minimum Gasteiger partial charge on any atom is -0.445 e. The van der Waals surface area contributed by atoms with Crippen LogP contribution in [-0.2, 0) is 40.3 Å². The van der Waals surface area contributed by atoms with Crippen molar-refractivity contribution in [1.29, 1.82) is 0 Å². The zero-order valence-electron chi connectivity index (χ0n) is 20.3. The predicted molar refractivity (Wildman–Crippen MR) is 136 cm³/mol. The summed E-state index contributed by atoms with van der Waals surface area (Å²) in [5.74, 6) is -0.412. The Labute approximate surface area is 215 Å². The third-order valence-electron chi connectivity index (χ3n) is 6.59. The van der Waals surface area contributed by atoms with E-state index in [0.29, 0.717) is 30.7 Å². The van der Waals surface area contributed by atoms with E-state index < -0.39 is 32.9 Å². The molecule has 4 rings (SSSR count). The quantitative estimate of drug-likeness (QED) is 0.489. The number of benzene rings is 1. The second kappa shape index (κ2) is 11.7. The first-order valence-electron chi connectivity index (χ1n) is 12.2. The van der Waals surface area contributed by atoms with Gasteiger partial charge in [-0.2, -0.15) is 0 Å². The monoisotopic (exact) mass is 536 g/mol. The van der Waals surface area contributed by atoms with Crippen molar-refractivity contribution in [1.82, 2.24) is 10.8 Å². The summed E-state index contributed by atoms with van der Waals surface area (Å²) >= 11 is 1.39. The molecular weight excluding hydrogens is 504 g/mol. The lowest BCUT2D eigenvalue weighted by molar-refractivity contribution is -0.200. The summed E-state index contributed by atoms with van der Waals surface area (Å²) in [6, 6.07) is 11.3. The van der Waals surface area contributed by atoms with Crippen LogP contribution in [0, 0.1) is 0 Å². The molecule has 36 heavy (non-hydrogen) atoms. The van der Waals surface area contributed by atoms with Crippen LogP contribution in [0.1, 0.15) is 55.4 Å². The number of hydroxylamine groups is 1. The van der Waals surface area contributed by atoms with Crippen LogP contribution in [-0.4, -0.2) is 46.1 Å². The van der Waals surface area contributed by atoms with Gasteiger partial charge in [0.1, 0.15) is 11.4 Å². The molecule has 11 heteroatoms. The Morgan fingerprint density at radius 3 is 2.61 bits per heavy atom. The maximum absolute atomic E-state index is 13.4. The first-order chi connectivity index (χ1) is 17.3. The first-order valence-corrected chi connectivity index (χ1v) is 14.6. The third kappa shape index (κ3) is 6.08. The summed E-state index contributed by atoms with van der Waals surface area (Å²) in [4.78, 5) is 31.1. The van der Waals surface area contributed by atoms with E-state index in [1.165, 1.54) is 18.4 Å². The molecule has 2 aromatic rings. The molecule has 196 valence electrons. The molecule has 2 atom stereocenters. The van der Waals surface area contributed by atoms with Crippen molar-refractivity contribution in [2.24, 2.45) is 0 Å². The number of alkyl carbamates (subject to hydrolysis) is 1. The Hall–Kier alpha value is -2.47. The molecule has 2 N–H and O–H groups in total. The molecule has 1 aromatic heterocycles. The topological polar surface area (TPSA) is 120 Å². The molecule has 0 bridgehead atoms. The van der Waals surface area contributed by atoms with Crippen LogP contribution in [0.3, 0.4) is 0 Å². The maximum Gasteiger partial charge on any atom is 0.407 e. The standard InChI is InChI=1S/C25H32N2O7S2/c1-26-24(29)33-17-18-7-9-19(10-8-18)20-11-12-21(35-20)25(13-3-5-15-36(25,30)31)16-22(28)27-34-23-6-2-4-14-32-23/h7-12,23H,2-6,13-17H2,1H3,(H,26,29)(H,27,28)/t23?,25-/m0/s1. The number of carbonyl (C=O) groups is 2. The number of thiophene rings is 1. The van der Waals surface area contributed by atoms with Gasteiger partial charge in [0.15, 0.2) is 16.1 Å². The van der Waals surface area contributed by atoms with Crippen LogP contribution >= 0.6 is 11.3 Å². The van der Waals surface area contributed by atoms with Gasteiger partial charge in [0.05, 0.1) is 12.2 Å². The van der Waals surface area contributed by atoms with Gasteiger partial charge in [-0.05, 0) is 48.9 Å². The minimum absolute atomic E-state index is 0.0557. The van der Waals surface area contributed by atoms with E-state index in [9.17, 15) is 18.0 Å². The SMILES string of the molecule is CNC(=O)OCc1ccc(-c2ccc([C@@]3(CC(=O)NOC4CCCCO4)CCCCS3(=O)=O)s2)cc1. The molecule has 2 saturated heterocycles. The first kappa shape index (κ1) is 26.6. The van der Waals surface area contributed by atoms with Crippen LogP contribution in [0.5, 0.6) is 0 Å². The Morgan fingerprint density at radius 2 is 1.92 bits per heavy atom. The second-order valence-corrected chi connectivity index (χ2v) is 12.6. The summed E-state index contributed by atoms with van der Waals surface area (Å²) in [6.45, 7) is 0.735. The second-order valence-electron chi connectivity index (χ2n) is 9.07. The Kier molecular flexibility index (Phi) is 8.66. The van der Waals surface area contributed by atoms with Crippen molar-refractivity contribution < 1.29 is 32.3 Å². The van der Waals surface area contributed by atoms with Gasteiger partial charge >= 0.3 is 6.09 Å². The number of ether oxygens (including phenoxy) is 2. The molecule has 1 unspecified atom stereocenters. The highest BCUT2D eigenvalue weighted by molar-refractivity contribution is 7.92. The Bertz CT molecular complexity index is 1160. The molecular formula is C25H32N2O7S2. The normalized spacial score (nSPS) is 23.5. The summed E-state index contributed by atoms with van der Waals surface area (Å²) in [6.07, 6.45) is 3.12. The highest BCUT2D eigenvalue weighted by atomic mass is 32.2. The maximum atomic E-state index is 13.4. The molecule has 2 aliphatic heterocycles. The molecule has 2 aliphatic rings. The van der Waals surface area contributed by atoms with Crippen molar-refractivity contribution in [3.63, 3.8) is 0 Å². The van der Waals surface area contributed by atoms with Crippen molar-refractivity contribution in [2.75, 3.05) is 19.4 Å².